The van der Waals surface area contributed by atoms with E-state index in [0.29, 0.717) is 12.5 Å². The maximum atomic E-state index is 13.1. The van der Waals surface area contributed by atoms with Crippen LogP contribution in [0.1, 0.15) is 59.8 Å². The highest BCUT2D eigenvalue weighted by Gasteiger charge is 2.24. The number of hydrogen-bond acceptors (Lipinski definition) is 6. The van der Waals surface area contributed by atoms with Gasteiger partial charge < -0.3 is 4.74 Å². The molecule has 0 N–H and O–H groups in total. The van der Waals surface area contributed by atoms with Crippen LogP contribution in [0.5, 0.6) is 0 Å². The topological polar surface area (TPSA) is 45.7 Å². The minimum absolute atomic E-state index is 0.0847. The number of aromatic nitrogens is 1. The number of hydrogen-bond donors (Lipinski definition) is 0. The number of nitrogens with zero attached hydrogens (tertiary/aromatic N) is 3. The smallest absolute Gasteiger partial charge is 0.270 e. The van der Waals surface area contributed by atoms with Crippen LogP contribution in [-0.4, -0.2) is 55.2 Å². The van der Waals surface area contributed by atoms with Gasteiger partial charge in [-0.15, -0.1) is 22.7 Å². The van der Waals surface area contributed by atoms with Crippen LogP contribution in [0.4, 0.5) is 5.13 Å². The Bertz CT molecular complexity index is 735. The van der Waals surface area contributed by atoms with E-state index in [4.69, 9.17) is 9.72 Å². The normalized spacial score (nSPS) is 19.0. The van der Waals surface area contributed by atoms with Crippen molar-refractivity contribution in [3.05, 3.63) is 33.5 Å². The molecule has 4 rings (SSSR count). The fraction of sp³-hybridized carbons (Fsp3) is 0.619. The number of carbonyl (C=O) groups is 1. The van der Waals surface area contributed by atoms with Gasteiger partial charge in [0.2, 0.25) is 0 Å². The predicted octanol–water partition coefficient (Wildman–Crippen LogP) is 4.62. The van der Waals surface area contributed by atoms with E-state index in [1.165, 1.54) is 49.1 Å². The number of morpholine rings is 1. The summed E-state index contributed by atoms with van der Waals surface area (Å²) in [6, 6.07) is 3.86. The van der Waals surface area contributed by atoms with Crippen molar-refractivity contribution in [2.45, 2.75) is 44.4 Å². The highest BCUT2D eigenvalue weighted by molar-refractivity contribution is 7.14. The van der Waals surface area contributed by atoms with Crippen LogP contribution in [-0.2, 0) is 4.74 Å². The molecule has 0 aromatic carbocycles. The van der Waals surface area contributed by atoms with E-state index in [1.807, 2.05) is 22.4 Å². The summed E-state index contributed by atoms with van der Waals surface area (Å²) in [5.41, 5.74) is 1.19. The van der Waals surface area contributed by atoms with Gasteiger partial charge >= 0.3 is 0 Å². The van der Waals surface area contributed by atoms with Crippen LogP contribution < -0.4 is 4.90 Å². The lowest BCUT2D eigenvalue weighted by molar-refractivity contribution is 0.0376. The van der Waals surface area contributed by atoms with Gasteiger partial charge in [0.15, 0.2) is 5.13 Å². The standard InChI is InChI=1S/C21H29N3O2S2/c25-20(19-8-4-15-27-19)24(10-5-9-23-11-13-26-14-12-23)21-22-18(16-28-21)17-6-2-1-3-7-17/h4,8,15-17H,1-3,5-7,9-14H2. The zero-order chi connectivity index (χ0) is 19.2. The van der Waals surface area contributed by atoms with E-state index < -0.39 is 0 Å². The van der Waals surface area contributed by atoms with Crippen LogP contribution in [0, 0.1) is 0 Å². The molecule has 1 saturated carbocycles. The largest absolute Gasteiger partial charge is 0.379 e. The molecule has 2 aromatic heterocycles. The fourth-order valence-electron chi connectivity index (χ4n) is 4.08. The van der Waals surface area contributed by atoms with E-state index in [-0.39, 0.29) is 5.91 Å². The molecule has 2 fully saturated rings. The van der Waals surface area contributed by atoms with Crippen molar-refractivity contribution in [2.75, 3.05) is 44.3 Å². The average molecular weight is 420 g/mol. The van der Waals surface area contributed by atoms with Crippen molar-refractivity contribution in [3.8, 4) is 0 Å². The number of thiazole rings is 1. The third-order valence-corrected chi connectivity index (χ3v) is 7.44. The molecule has 2 aromatic rings. The summed E-state index contributed by atoms with van der Waals surface area (Å²) >= 11 is 3.14. The van der Waals surface area contributed by atoms with Gasteiger partial charge in [-0.2, -0.15) is 0 Å². The highest BCUT2D eigenvalue weighted by atomic mass is 32.1. The molecule has 5 nitrogen and oxygen atoms in total. The molecule has 2 aliphatic rings. The Morgan fingerprint density at radius 2 is 2.04 bits per heavy atom. The molecule has 28 heavy (non-hydrogen) atoms. The van der Waals surface area contributed by atoms with Crippen molar-refractivity contribution in [1.82, 2.24) is 9.88 Å². The Labute approximate surface area is 175 Å². The number of anilines is 1. The number of carbonyl (C=O) groups excluding carboxylic acids is 1. The molecule has 0 atom stereocenters. The van der Waals surface area contributed by atoms with Crippen molar-refractivity contribution in [2.24, 2.45) is 0 Å². The molecule has 3 heterocycles. The predicted molar refractivity (Wildman–Crippen MR) is 116 cm³/mol. The van der Waals surface area contributed by atoms with Crippen LogP contribution in [0.2, 0.25) is 0 Å². The summed E-state index contributed by atoms with van der Waals surface area (Å²) in [6.45, 7) is 5.32. The monoisotopic (exact) mass is 419 g/mol. The second-order valence-electron chi connectivity index (χ2n) is 7.63. The van der Waals surface area contributed by atoms with Gasteiger partial charge in [0, 0.05) is 37.5 Å². The van der Waals surface area contributed by atoms with Crippen molar-refractivity contribution in [1.29, 1.82) is 0 Å². The zero-order valence-corrected chi connectivity index (χ0v) is 18.0. The Hall–Kier alpha value is -1.28. The molecule has 0 unspecified atom stereocenters. The quantitative estimate of drug-likeness (QED) is 0.657. The van der Waals surface area contributed by atoms with Crippen LogP contribution in [0.15, 0.2) is 22.9 Å². The molecule has 0 spiro atoms. The maximum Gasteiger partial charge on any atom is 0.270 e. The van der Waals surface area contributed by atoms with Crippen LogP contribution >= 0.6 is 22.7 Å². The second-order valence-corrected chi connectivity index (χ2v) is 9.42. The second kappa shape index (κ2) is 9.96. The molecule has 0 radical (unpaired) electrons. The van der Waals surface area contributed by atoms with E-state index in [2.05, 4.69) is 10.3 Å². The van der Waals surface area contributed by atoms with Gasteiger partial charge in [-0.25, -0.2) is 4.98 Å². The summed E-state index contributed by atoms with van der Waals surface area (Å²) in [5, 5.41) is 5.01. The van der Waals surface area contributed by atoms with E-state index in [9.17, 15) is 4.79 Å². The molecule has 1 saturated heterocycles. The highest BCUT2D eigenvalue weighted by Crippen LogP contribution is 2.35. The van der Waals surface area contributed by atoms with Gasteiger partial charge in [0.05, 0.1) is 23.8 Å². The molecular formula is C21H29N3O2S2. The first-order valence-electron chi connectivity index (χ1n) is 10.4. The lowest BCUT2D eigenvalue weighted by Crippen LogP contribution is -2.39. The summed E-state index contributed by atoms with van der Waals surface area (Å²) in [7, 11) is 0. The SMILES string of the molecule is O=C(c1cccs1)N(CCCN1CCOCC1)c1nc(C2CCCCC2)cs1. The third-order valence-electron chi connectivity index (χ3n) is 5.70. The first-order chi connectivity index (χ1) is 13.8. The van der Waals surface area contributed by atoms with Crippen molar-refractivity contribution in [3.63, 3.8) is 0 Å². The molecule has 0 bridgehead atoms. The number of amides is 1. The summed E-state index contributed by atoms with van der Waals surface area (Å²) < 4.78 is 5.43. The molecule has 7 heteroatoms. The van der Waals surface area contributed by atoms with Gasteiger partial charge in [0.25, 0.3) is 5.91 Å². The average Bonchev–Trinajstić information content (AvgIpc) is 3.45. The molecule has 1 amide bonds. The Balaban J connectivity index is 1.44. The Kier molecular flexibility index (Phi) is 7.12. The zero-order valence-electron chi connectivity index (χ0n) is 16.3. The van der Waals surface area contributed by atoms with E-state index in [0.717, 1.165) is 49.3 Å². The Morgan fingerprint density at radius 1 is 1.21 bits per heavy atom. The minimum atomic E-state index is 0.0847. The van der Waals surface area contributed by atoms with Gasteiger partial charge in [0.1, 0.15) is 0 Å². The molecule has 1 aliphatic heterocycles. The molecular weight excluding hydrogens is 390 g/mol. The minimum Gasteiger partial charge on any atom is -0.379 e. The van der Waals surface area contributed by atoms with E-state index >= 15 is 0 Å². The van der Waals surface area contributed by atoms with Gasteiger partial charge in [-0.05, 0) is 30.7 Å². The summed E-state index contributed by atoms with van der Waals surface area (Å²) in [5.74, 6) is 0.660. The lowest BCUT2D eigenvalue weighted by Gasteiger charge is -2.27. The fourth-order valence-corrected chi connectivity index (χ4v) is 5.68. The Morgan fingerprint density at radius 3 is 2.79 bits per heavy atom. The first-order valence-corrected chi connectivity index (χ1v) is 12.2. The third kappa shape index (κ3) is 5.00. The van der Waals surface area contributed by atoms with Crippen molar-refractivity contribution >= 4 is 33.7 Å². The number of ether oxygens (including phenoxy) is 1. The van der Waals surface area contributed by atoms with E-state index in [1.54, 1.807) is 11.3 Å². The summed E-state index contributed by atoms with van der Waals surface area (Å²) in [6.07, 6.45) is 7.37. The molecule has 1 aliphatic carbocycles. The molecule has 152 valence electrons. The summed E-state index contributed by atoms with van der Waals surface area (Å²) in [4.78, 5) is 23.2. The number of rotatable bonds is 7. The van der Waals surface area contributed by atoms with Crippen LogP contribution in [0.25, 0.3) is 0 Å². The van der Waals surface area contributed by atoms with Gasteiger partial charge in [-0.1, -0.05) is 25.3 Å². The maximum absolute atomic E-state index is 13.1. The first kappa shape index (κ1) is 20.0. The lowest BCUT2D eigenvalue weighted by atomic mass is 9.87. The number of thiophene rings is 1. The van der Waals surface area contributed by atoms with Crippen LogP contribution in [0.3, 0.4) is 0 Å². The van der Waals surface area contributed by atoms with Crippen molar-refractivity contribution < 1.29 is 9.53 Å². The van der Waals surface area contributed by atoms with Gasteiger partial charge in [-0.3, -0.25) is 14.6 Å².